The Hall–Kier alpha value is -4.26. The van der Waals surface area contributed by atoms with Crippen LogP contribution in [0.15, 0.2) is 84.6 Å². The lowest BCUT2D eigenvalue weighted by atomic mass is 9.95. The minimum Gasteiger partial charge on any atom is -0.505 e. The fraction of sp³-hybridized carbons (Fsp3) is 0.148. The molecule has 1 atom stereocenters. The van der Waals surface area contributed by atoms with Gasteiger partial charge in [0.1, 0.15) is 17.2 Å². The first-order chi connectivity index (χ1) is 16.5. The number of Topliss-reactive ketones (excluding diaryl/α,β-unsaturated/α-hetero) is 1. The molecule has 34 heavy (non-hydrogen) atoms. The highest BCUT2D eigenvalue weighted by Crippen LogP contribution is 2.40. The molecule has 7 heteroatoms. The average molecular weight is 455 g/mol. The molecule has 1 amide bonds. The fourth-order valence-corrected chi connectivity index (χ4v) is 4.55. The van der Waals surface area contributed by atoms with Crippen molar-refractivity contribution in [3.05, 3.63) is 113 Å². The van der Waals surface area contributed by atoms with Crippen LogP contribution in [0.3, 0.4) is 0 Å². The summed E-state index contributed by atoms with van der Waals surface area (Å²) in [6.45, 7) is 1.90. The van der Waals surface area contributed by atoms with Crippen molar-refractivity contribution in [3.8, 4) is 0 Å². The predicted molar refractivity (Wildman–Crippen MR) is 125 cm³/mol. The van der Waals surface area contributed by atoms with Gasteiger partial charge in [0.25, 0.3) is 11.7 Å². The number of pyridine rings is 1. The summed E-state index contributed by atoms with van der Waals surface area (Å²) in [5.41, 5.74) is 2.38. The number of fused-ring (bicyclic) bond motifs is 1. The Bertz CT molecular complexity index is 1440. The highest BCUT2D eigenvalue weighted by Gasteiger charge is 2.47. The van der Waals surface area contributed by atoms with Crippen molar-refractivity contribution in [2.45, 2.75) is 19.4 Å². The highest BCUT2D eigenvalue weighted by molar-refractivity contribution is 6.46. The van der Waals surface area contributed by atoms with E-state index in [-0.39, 0.29) is 23.4 Å². The fourth-order valence-electron chi connectivity index (χ4n) is 4.55. The summed E-state index contributed by atoms with van der Waals surface area (Å²) in [7, 11) is 0. The first-order valence-corrected chi connectivity index (χ1v) is 11.0. The molecule has 0 bridgehead atoms. The van der Waals surface area contributed by atoms with Crippen LogP contribution in [-0.2, 0) is 16.0 Å². The molecule has 0 spiro atoms. The number of carbonyl (C=O) groups excluding carboxylic acids is 2. The Kier molecular flexibility index (Phi) is 5.45. The summed E-state index contributed by atoms with van der Waals surface area (Å²) >= 11 is 0. The molecule has 170 valence electrons. The van der Waals surface area contributed by atoms with Crippen LogP contribution >= 0.6 is 0 Å². The normalized spacial score (nSPS) is 17.6. The van der Waals surface area contributed by atoms with Crippen molar-refractivity contribution in [2.75, 3.05) is 6.54 Å². The molecule has 1 unspecified atom stereocenters. The van der Waals surface area contributed by atoms with Gasteiger partial charge in [-0.15, -0.1) is 0 Å². The Morgan fingerprint density at radius 1 is 1.00 bits per heavy atom. The number of aromatic nitrogens is 2. The number of amides is 1. The number of nitrogens with zero attached hydrogens (tertiary/aromatic N) is 3. The van der Waals surface area contributed by atoms with Crippen LogP contribution in [0.4, 0.5) is 4.39 Å². The topological polar surface area (TPSA) is 74.9 Å². The first-order valence-electron chi connectivity index (χ1n) is 11.0. The number of halogens is 1. The number of rotatable bonds is 5. The molecule has 1 aliphatic heterocycles. The minimum absolute atomic E-state index is 0.142. The summed E-state index contributed by atoms with van der Waals surface area (Å²) in [6.07, 6.45) is 2.20. The first kappa shape index (κ1) is 21.6. The molecule has 1 fully saturated rings. The zero-order valence-electron chi connectivity index (χ0n) is 18.5. The van der Waals surface area contributed by atoms with Gasteiger partial charge < -0.3 is 10.0 Å². The standard InChI is InChI=1S/C27H22FN3O3/c1-17-23(30-15-8-7-13-21(30)29-17)25(32)22-24(19-11-5-6-12-20(19)28)31(27(34)26(22)33)16-14-18-9-3-2-4-10-18/h2-13,15,24,32H,14,16H2,1H3/b25-22+. The van der Waals surface area contributed by atoms with Crippen LogP contribution in [0.25, 0.3) is 11.4 Å². The van der Waals surface area contributed by atoms with E-state index in [1.165, 1.54) is 17.0 Å². The van der Waals surface area contributed by atoms with Gasteiger partial charge in [-0.1, -0.05) is 54.6 Å². The van der Waals surface area contributed by atoms with Gasteiger partial charge in [-0.3, -0.25) is 14.0 Å². The van der Waals surface area contributed by atoms with Crippen molar-refractivity contribution in [3.63, 3.8) is 0 Å². The number of imidazole rings is 1. The molecular weight excluding hydrogens is 433 g/mol. The molecule has 0 aliphatic carbocycles. The molecule has 2 aromatic carbocycles. The van der Waals surface area contributed by atoms with Gasteiger partial charge in [-0.25, -0.2) is 9.37 Å². The van der Waals surface area contributed by atoms with Crippen molar-refractivity contribution < 1.29 is 19.1 Å². The minimum atomic E-state index is -1.06. The lowest BCUT2D eigenvalue weighted by Gasteiger charge is -2.25. The molecule has 6 nitrogen and oxygen atoms in total. The van der Waals surface area contributed by atoms with Crippen LogP contribution in [-0.4, -0.2) is 37.6 Å². The monoisotopic (exact) mass is 455 g/mol. The maximum atomic E-state index is 15.0. The van der Waals surface area contributed by atoms with E-state index in [0.717, 1.165) is 5.56 Å². The second kappa shape index (κ2) is 8.59. The van der Waals surface area contributed by atoms with E-state index < -0.39 is 23.5 Å². The number of aliphatic hydroxyl groups is 1. The van der Waals surface area contributed by atoms with Crippen molar-refractivity contribution in [2.24, 2.45) is 0 Å². The molecular formula is C27H22FN3O3. The van der Waals surface area contributed by atoms with Crippen LogP contribution in [0.5, 0.6) is 0 Å². The van der Waals surface area contributed by atoms with E-state index in [2.05, 4.69) is 4.98 Å². The predicted octanol–water partition coefficient (Wildman–Crippen LogP) is 4.45. The third kappa shape index (κ3) is 3.55. The van der Waals surface area contributed by atoms with Crippen LogP contribution in [0, 0.1) is 12.7 Å². The van der Waals surface area contributed by atoms with Gasteiger partial charge in [0, 0.05) is 18.3 Å². The second-order valence-electron chi connectivity index (χ2n) is 8.22. The maximum Gasteiger partial charge on any atom is 0.295 e. The van der Waals surface area contributed by atoms with E-state index in [9.17, 15) is 19.1 Å². The van der Waals surface area contributed by atoms with Crippen LogP contribution < -0.4 is 0 Å². The number of aryl methyl sites for hydroxylation is 1. The number of benzene rings is 2. The third-order valence-corrected chi connectivity index (χ3v) is 6.15. The number of carbonyl (C=O) groups is 2. The molecule has 3 heterocycles. The SMILES string of the molecule is Cc1nc2ccccn2c1/C(O)=C1\C(=O)C(=O)N(CCc2ccccc2)C1c1ccccc1F. The summed E-state index contributed by atoms with van der Waals surface area (Å²) in [6, 6.07) is 19.9. The quantitative estimate of drug-likeness (QED) is 0.274. The average Bonchev–Trinajstić information content (AvgIpc) is 3.31. The van der Waals surface area contributed by atoms with Gasteiger partial charge in [-0.2, -0.15) is 0 Å². The van der Waals surface area contributed by atoms with Crippen molar-refractivity contribution >= 4 is 23.1 Å². The largest absolute Gasteiger partial charge is 0.505 e. The Morgan fingerprint density at radius 2 is 1.71 bits per heavy atom. The zero-order chi connectivity index (χ0) is 23.8. The molecule has 4 aromatic rings. The molecule has 1 N–H and O–H groups in total. The van der Waals surface area contributed by atoms with E-state index in [1.54, 1.807) is 41.8 Å². The molecule has 0 radical (unpaired) electrons. The summed E-state index contributed by atoms with van der Waals surface area (Å²) in [4.78, 5) is 32.2. The smallest absolute Gasteiger partial charge is 0.295 e. The van der Waals surface area contributed by atoms with Crippen LogP contribution in [0.2, 0.25) is 0 Å². The number of hydrogen-bond donors (Lipinski definition) is 1. The van der Waals surface area contributed by atoms with E-state index in [0.29, 0.717) is 23.5 Å². The number of hydrogen-bond acceptors (Lipinski definition) is 4. The van der Waals surface area contributed by atoms with Gasteiger partial charge in [-0.05, 0) is 37.1 Å². The van der Waals surface area contributed by atoms with Gasteiger partial charge in [0.15, 0.2) is 5.76 Å². The van der Waals surface area contributed by atoms with E-state index >= 15 is 0 Å². The molecule has 1 saturated heterocycles. The lowest BCUT2D eigenvalue weighted by molar-refractivity contribution is -0.139. The molecule has 0 saturated carbocycles. The van der Waals surface area contributed by atoms with Crippen molar-refractivity contribution in [1.29, 1.82) is 0 Å². The molecule has 5 rings (SSSR count). The Morgan fingerprint density at radius 3 is 2.47 bits per heavy atom. The van der Waals surface area contributed by atoms with E-state index in [1.807, 2.05) is 36.4 Å². The summed E-state index contributed by atoms with van der Waals surface area (Å²) in [5, 5.41) is 11.4. The number of aliphatic hydroxyl groups excluding tert-OH is 1. The van der Waals surface area contributed by atoms with Crippen LogP contribution in [0.1, 0.15) is 28.6 Å². The second-order valence-corrected chi connectivity index (χ2v) is 8.22. The number of ketones is 1. The molecule has 2 aromatic heterocycles. The zero-order valence-corrected chi connectivity index (χ0v) is 18.5. The molecule has 1 aliphatic rings. The van der Waals surface area contributed by atoms with Gasteiger partial charge in [0.05, 0.1) is 17.3 Å². The summed E-state index contributed by atoms with van der Waals surface area (Å²) in [5.74, 6) is -2.54. The van der Waals surface area contributed by atoms with E-state index in [4.69, 9.17) is 0 Å². The lowest BCUT2D eigenvalue weighted by Crippen LogP contribution is -2.32. The Balaban J connectivity index is 1.67. The highest BCUT2D eigenvalue weighted by atomic mass is 19.1. The number of likely N-dealkylation sites (tertiary alicyclic amines) is 1. The summed E-state index contributed by atoms with van der Waals surface area (Å²) < 4.78 is 16.6. The van der Waals surface area contributed by atoms with Gasteiger partial charge in [0.2, 0.25) is 0 Å². The Labute approximate surface area is 195 Å². The van der Waals surface area contributed by atoms with Crippen molar-refractivity contribution in [1.82, 2.24) is 14.3 Å². The third-order valence-electron chi connectivity index (χ3n) is 6.15. The maximum absolute atomic E-state index is 15.0. The van der Waals surface area contributed by atoms with Gasteiger partial charge >= 0.3 is 0 Å².